The van der Waals surface area contributed by atoms with Crippen molar-refractivity contribution in [2.45, 2.75) is 6.42 Å². The topological polar surface area (TPSA) is 102 Å². The van der Waals surface area contributed by atoms with Crippen LogP contribution < -0.4 is 10.1 Å². The standard InChI is InChI=1S/C16H17ClN2O6S/c1-24-12-3-2-11(17)6-10(12)7-15(22)25-8-13(20)18-4-5-19-14(21)9-26-16(19)23/h2-3,6H,4-5,7-9H2,1H3,(H,18,20). The Morgan fingerprint density at radius 1 is 1.35 bits per heavy atom. The van der Waals surface area contributed by atoms with Crippen LogP contribution in [0.3, 0.4) is 0 Å². The Kier molecular flexibility index (Phi) is 7.28. The predicted molar refractivity (Wildman–Crippen MR) is 95.2 cm³/mol. The number of hydrogen-bond donors (Lipinski definition) is 1. The Labute approximate surface area is 159 Å². The Balaban J connectivity index is 1.72. The molecule has 10 heteroatoms. The van der Waals surface area contributed by atoms with E-state index in [1.165, 1.54) is 7.11 Å². The van der Waals surface area contributed by atoms with Gasteiger partial charge in [0.15, 0.2) is 6.61 Å². The summed E-state index contributed by atoms with van der Waals surface area (Å²) in [5.41, 5.74) is 0.550. The summed E-state index contributed by atoms with van der Waals surface area (Å²) in [4.78, 5) is 47.4. The van der Waals surface area contributed by atoms with Crippen molar-refractivity contribution in [3.05, 3.63) is 28.8 Å². The summed E-state index contributed by atoms with van der Waals surface area (Å²) < 4.78 is 10.0. The van der Waals surface area contributed by atoms with Crippen LogP contribution in [0.15, 0.2) is 18.2 Å². The SMILES string of the molecule is COc1ccc(Cl)cc1CC(=O)OCC(=O)NCCN1C(=O)CSC1=O. The van der Waals surface area contributed by atoms with Crippen LogP contribution in [-0.2, 0) is 25.5 Å². The van der Waals surface area contributed by atoms with E-state index in [0.29, 0.717) is 16.3 Å². The molecule has 0 aromatic heterocycles. The van der Waals surface area contributed by atoms with Crippen LogP contribution >= 0.6 is 23.4 Å². The molecule has 1 aliphatic rings. The zero-order chi connectivity index (χ0) is 19.1. The second-order valence-electron chi connectivity index (χ2n) is 5.24. The minimum Gasteiger partial charge on any atom is -0.496 e. The van der Waals surface area contributed by atoms with Gasteiger partial charge in [0.05, 0.1) is 19.3 Å². The molecule has 0 aliphatic carbocycles. The molecule has 8 nitrogen and oxygen atoms in total. The molecule has 0 atom stereocenters. The van der Waals surface area contributed by atoms with Gasteiger partial charge < -0.3 is 14.8 Å². The van der Waals surface area contributed by atoms with Gasteiger partial charge in [-0.3, -0.25) is 24.1 Å². The molecule has 0 spiro atoms. The van der Waals surface area contributed by atoms with Crippen LogP contribution in [0.1, 0.15) is 5.56 Å². The predicted octanol–water partition coefficient (Wildman–Crippen LogP) is 1.25. The number of nitrogens with one attached hydrogen (secondary N) is 1. The number of amides is 3. The number of methoxy groups -OCH3 is 1. The normalized spacial score (nSPS) is 13.7. The lowest BCUT2D eigenvalue weighted by Gasteiger charge is -2.13. The van der Waals surface area contributed by atoms with Gasteiger partial charge in [-0.1, -0.05) is 23.4 Å². The summed E-state index contributed by atoms with van der Waals surface area (Å²) in [6.07, 6.45) is -0.0922. The third-order valence-electron chi connectivity index (χ3n) is 3.44. The van der Waals surface area contributed by atoms with Crippen LogP contribution in [0, 0.1) is 0 Å². The first kappa shape index (κ1) is 20.1. The van der Waals surface area contributed by atoms with Crippen molar-refractivity contribution < 1.29 is 28.7 Å². The average Bonchev–Trinajstić information content (AvgIpc) is 2.92. The Bertz CT molecular complexity index is 711. The lowest BCUT2D eigenvalue weighted by molar-refractivity contribution is -0.147. The molecular weight excluding hydrogens is 384 g/mol. The molecule has 3 amide bonds. The highest BCUT2D eigenvalue weighted by molar-refractivity contribution is 8.14. The van der Waals surface area contributed by atoms with Gasteiger partial charge in [-0.25, -0.2) is 0 Å². The zero-order valence-corrected chi connectivity index (χ0v) is 15.5. The number of hydrogen-bond acceptors (Lipinski definition) is 7. The van der Waals surface area contributed by atoms with Gasteiger partial charge in [-0.05, 0) is 18.2 Å². The van der Waals surface area contributed by atoms with Crippen molar-refractivity contribution in [3.8, 4) is 5.75 Å². The van der Waals surface area contributed by atoms with Crippen molar-refractivity contribution in [2.75, 3.05) is 32.6 Å². The van der Waals surface area contributed by atoms with Gasteiger partial charge in [0.1, 0.15) is 5.75 Å². The van der Waals surface area contributed by atoms with Gasteiger partial charge in [0.25, 0.3) is 11.1 Å². The molecule has 1 saturated heterocycles. The number of thioether (sulfide) groups is 1. The summed E-state index contributed by atoms with van der Waals surface area (Å²) in [7, 11) is 1.47. The second-order valence-corrected chi connectivity index (χ2v) is 6.61. The first-order chi connectivity index (χ1) is 12.4. The number of carbonyl (C=O) groups excluding carboxylic acids is 4. The average molecular weight is 401 g/mol. The van der Waals surface area contributed by atoms with E-state index >= 15 is 0 Å². The summed E-state index contributed by atoms with van der Waals surface area (Å²) in [6.45, 7) is -0.279. The van der Waals surface area contributed by atoms with E-state index in [4.69, 9.17) is 21.1 Å². The van der Waals surface area contributed by atoms with E-state index in [9.17, 15) is 19.2 Å². The number of benzene rings is 1. The van der Waals surface area contributed by atoms with E-state index in [-0.39, 0.29) is 36.4 Å². The third-order valence-corrected chi connectivity index (χ3v) is 4.53. The molecule has 2 rings (SSSR count). The van der Waals surface area contributed by atoms with Crippen molar-refractivity contribution in [3.63, 3.8) is 0 Å². The molecule has 0 unspecified atom stereocenters. The van der Waals surface area contributed by atoms with Crippen LogP contribution in [0.25, 0.3) is 0 Å². The molecule has 26 heavy (non-hydrogen) atoms. The Morgan fingerprint density at radius 2 is 2.12 bits per heavy atom. The number of ether oxygens (including phenoxy) is 2. The molecule has 140 valence electrons. The fourth-order valence-corrected chi connectivity index (χ4v) is 3.14. The fraction of sp³-hybridized carbons (Fsp3) is 0.375. The maximum absolute atomic E-state index is 11.9. The molecule has 1 N–H and O–H groups in total. The summed E-state index contributed by atoms with van der Waals surface area (Å²) in [5.74, 6) is -0.799. The van der Waals surface area contributed by atoms with Gasteiger partial charge in [-0.15, -0.1) is 0 Å². The van der Waals surface area contributed by atoms with Crippen LogP contribution in [0.2, 0.25) is 5.02 Å². The first-order valence-corrected chi connectivity index (χ1v) is 8.99. The number of carbonyl (C=O) groups is 4. The number of rotatable bonds is 8. The lowest BCUT2D eigenvalue weighted by atomic mass is 10.1. The number of halogens is 1. The van der Waals surface area contributed by atoms with E-state index in [2.05, 4.69) is 5.32 Å². The largest absolute Gasteiger partial charge is 0.496 e. The van der Waals surface area contributed by atoms with Gasteiger partial charge in [0.2, 0.25) is 5.91 Å². The van der Waals surface area contributed by atoms with Crippen LogP contribution in [0.4, 0.5) is 4.79 Å². The smallest absolute Gasteiger partial charge is 0.310 e. The maximum atomic E-state index is 11.9. The fourth-order valence-electron chi connectivity index (χ4n) is 2.19. The summed E-state index contributed by atoms with van der Waals surface area (Å²) >= 11 is 6.82. The number of nitrogens with zero attached hydrogens (tertiary/aromatic N) is 1. The van der Waals surface area contributed by atoms with E-state index < -0.39 is 18.5 Å². The van der Waals surface area contributed by atoms with Crippen molar-refractivity contribution in [1.29, 1.82) is 0 Å². The second kappa shape index (κ2) is 9.44. The molecule has 1 fully saturated rings. The molecule has 0 radical (unpaired) electrons. The quantitative estimate of drug-likeness (QED) is 0.655. The van der Waals surface area contributed by atoms with Crippen molar-refractivity contribution in [2.24, 2.45) is 0 Å². The molecule has 0 bridgehead atoms. The van der Waals surface area contributed by atoms with E-state index in [1.54, 1.807) is 18.2 Å². The highest BCUT2D eigenvalue weighted by atomic mass is 35.5. The molecular formula is C16H17ClN2O6S. The van der Waals surface area contributed by atoms with Crippen molar-refractivity contribution >= 4 is 46.4 Å². The molecule has 1 aromatic carbocycles. The molecule has 1 aliphatic heterocycles. The zero-order valence-electron chi connectivity index (χ0n) is 14.0. The Morgan fingerprint density at radius 3 is 2.77 bits per heavy atom. The highest BCUT2D eigenvalue weighted by Crippen LogP contribution is 2.23. The Hall–Kier alpha value is -2.26. The minimum absolute atomic E-state index is 0.0874. The van der Waals surface area contributed by atoms with Gasteiger partial charge in [0, 0.05) is 23.7 Å². The van der Waals surface area contributed by atoms with Crippen molar-refractivity contribution in [1.82, 2.24) is 10.2 Å². The first-order valence-electron chi connectivity index (χ1n) is 7.62. The number of imide groups is 1. The van der Waals surface area contributed by atoms with E-state index in [1.807, 2.05) is 0 Å². The van der Waals surface area contributed by atoms with Gasteiger partial charge in [-0.2, -0.15) is 0 Å². The van der Waals surface area contributed by atoms with Gasteiger partial charge >= 0.3 is 5.97 Å². The maximum Gasteiger partial charge on any atom is 0.310 e. The van der Waals surface area contributed by atoms with Crippen LogP contribution in [0.5, 0.6) is 5.75 Å². The monoisotopic (exact) mass is 400 g/mol. The summed E-state index contributed by atoms with van der Waals surface area (Å²) in [6, 6.07) is 4.86. The van der Waals surface area contributed by atoms with Crippen LogP contribution in [-0.4, -0.2) is 60.5 Å². The number of esters is 1. The molecule has 1 heterocycles. The highest BCUT2D eigenvalue weighted by Gasteiger charge is 2.29. The van der Waals surface area contributed by atoms with E-state index in [0.717, 1.165) is 16.7 Å². The minimum atomic E-state index is -0.609. The molecule has 1 aromatic rings. The summed E-state index contributed by atoms with van der Waals surface area (Å²) in [5, 5.41) is 2.61. The third kappa shape index (κ3) is 5.63. The molecule has 0 saturated carbocycles. The lowest BCUT2D eigenvalue weighted by Crippen LogP contribution is -2.38.